The second kappa shape index (κ2) is 7.47. The van der Waals surface area contributed by atoms with Crippen molar-refractivity contribution in [3.05, 3.63) is 68.8 Å². The monoisotopic (exact) mass is 456 g/mol. The highest BCUT2D eigenvalue weighted by atomic mass is 127. The molecule has 0 aromatic heterocycles. The molecule has 0 aliphatic carbocycles. The van der Waals surface area contributed by atoms with Gasteiger partial charge < -0.3 is 9.80 Å². The standard InChI is InChI=1S/C18H15F2IN2O2/c19-12-5-6-15(20)14(11-12)18(25)23-9-7-22(8-10-23)17(24)13-3-1-2-4-16(13)21/h1-6,11H,7-10H2. The average molecular weight is 456 g/mol. The van der Waals surface area contributed by atoms with Gasteiger partial charge in [0.25, 0.3) is 11.8 Å². The summed E-state index contributed by atoms with van der Waals surface area (Å²) >= 11 is 2.11. The number of hydrogen-bond acceptors (Lipinski definition) is 2. The molecule has 0 spiro atoms. The Hall–Kier alpha value is -2.03. The third-order valence-corrected chi connectivity index (χ3v) is 5.06. The predicted molar refractivity (Wildman–Crippen MR) is 97.3 cm³/mol. The third kappa shape index (κ3) is 3.81. The van der Waals surface area contributed by atoms with E-state index < -0.39 is 17.5 Å². The Kier molecular flexibility index (Phi) is 5.31. The number of halogens is 3. The molecule has 2 aromatic rings. The summed E-state index contributed by atoms with van der Waals surface area (Å²) in [7, 11) is 0. The fourth-order valence-corrected chi connectivity index (χ4v) is 3.37. The summed E-state index contributed by atoms with van der Waals surface area (Å²) in [5, 5.41) is 0. The third-order valence-electron chi connectivity index (χ3n) is 4.12. The fourth-order valence-electron chi connectivity index (χ4n) is 2.75. The summed E-state index contributed by atoms with van der Waals surface area (Å²) in [5.74, 6) is -2.05. The molecule has 0 radical (unpaired) electrons. The van der Waals surface area contributed by atoms with Crippen molar-refractivity contribution in [1.29, 1.82) is 0 Å². The molecule has 0 bridgehead atoms. The number of carbonyl (C=O) groups is 2. The summed E-state index contributed by atoms with van der Waals surface area (Å²) in [5.41, 5.74) is 0.344. The van der Waals surface area contributed by atoms with Gasteiger partial charge in [0.1, 0.15) is 11.6 Å². The summed E-state index contributed by atoms with van der Waals surface area (Å²) < 4.78 is 27.9. The minimum absolute atomic E-state index is 0.0889. The Balaban J connectivity index is 1.68. The summed E-state index contributed by atoms with van der Waals surface area (Å²) in [6.07, 6.45) is 0. The van der Waals surface area contributed by atoms with E-state index in [2.05, 4.69) is 22.6 Å². The van der Waals surface area contributed by atoms with Crippen LogP contribution in [0.3, 0.4) is 0 Å². The largest absolute Gasteiger partial charge is 0.335 e. The number of carbonyl (C=O) groups excluding carboxylic acids is 2. The Morgan fingerprint density at radius 1 is 0.840 bits per heavy atom. The van der Waals surface area contributed by atoms with Crippen LogP contribution in [0.25, 0.3) is 0 Å². The van der Waals surface area contributed by atoms with Crippen LogP contribution in [0.5, 0.6) is 0 Å². The molecular formula is C18H15F2IN2O2. The molecule has 4 nitrogen and oxygen atoms in total. The molecule has 25 heavy (non-hydrogen) atoms. The zero-order chi connectivity index (χ0) is 18.0. The lowest BCUT2D eigenvalue weighted by Crippen LogP contribution is -2.50. The van der Waals surface area contributed by atoms with Crippen LogP contribution in [0.15, 0.2) is 42.5 Å². The Bertz CT molecular complexity index is 820. The summed E-state index contributed by atoms with van der Waals surface area (Å²) in [4.78, 5) is 28.1. The molecule has 1 saturated heterocycles. The van der Waals surface area contributed by atoms with E-state index in [0.29, 0.717) is 18.7 Å². The second-order valence-corrected chi connectivity index (χ2v) is 6.85. The van der Waals surface area contributed by atoms with Crippen molar-refractivity contribution >= 4 is 34.4 Å². The molecule has 1 aliphatic heterocycles. The molecule has 0 saturated carbocycles. The van der Waals surface area contributed by atoms with E-state index in [0.717, 1.165) is 21.8 Å². The minimum atomic E-state index is -0.747. The first kappa shape index (κ1) is 17.8. The van der Waals surface area contributed by atoms with E-state index in [-0.39, 0.29) is 24.6 Å². The van der Waals surface area contributed by atoms with E-state index in [9.17, 15) is 18.4 Å². The molecule has 7 heteroatoms. The maximum absolute atomic E-state index is 13.8. The summed E-state index contributed by atoms with van der Waals surface area (Å²) in [6.45, 7) is 1.27. The van der Waals surface area contributed by atoms with Gasteiger partial charge in [-0.05, 0) is 52.9 Å². The van der Waals surface area contributed by atoms with Gasteiger partial charge in [-0.25, -0.2) is 8.78 Å². The average Bonchev–Trinajstić information content (AvgIpc) is 2.63. The van der Waals surface area contributed by atoms with Gasteiger partial charge in [-0.2, -0.15) is 0 Å². The highest BCUT2D eigenvalue weighted by Gasteiger charge is 2.27. The van der Waals surface area contributed by atoms with Crippen LogP contribution >= 0.6 is 22.6 Å². The molecule has 0 atom stereocenters. The van der Waals surface area contributed by atoms with E-state index in [1.165, 1.54) is 4.90 Å². The Labute approximate surface area is 157 Å². The van der Waals surface area contributed by atoms with Crippen molar-refractivity contribution in [2.24, 2.45) is 0 Å². The molecule has 0 unspecified atom stereocenters. The maximum atomic E-state index is 13.8. The van der Waals surface area contributed by atoms with Gasteiger partial charge in [0.2, 0.25) is 0 Å². The lowest BCUT2D eigenvalue weighted by atomic mass is 10.1. The van der Waals surface area contributed by atoms with E-state index in [4.69, 9.17) is 0 Å². The topological polar surface area (TPSA) is 40.6 Å². The van der Waals surface area contributed by atoms with Gasteiger partial charge in [0, 0.05) is 29.7 Å². The predicted octanol–water partition coefficient (Wildman–Crippen LogP) is 3.17. The van der Waals surface area contributed by atoms with Gasteiger partial charge in [0.15, 0.2) is 0 Å². The Morgan fingerprint density at radius 3 is 2.00 bits per heavy atom. The first-order valence-electron chi connectivity index (χ1n) is 7.75. The lowest BCUT2D eigenvalue weighted by molar-refractivity contribution is 0.0532. The Morgan fingerprint density at radius 2 is 1.40 bits per heavy atom. The van der Waals surface area contributed by atoms with Crippen molar-refractivity contribution in [1.82, 2.24) is 9.80 Å². The van der Waals surface area contributed by atoms with Crippen LogP contribution in [-0.2, 0) is 0 Å². The van der Waals surface area contributed by atoms with Gasteiger partial charge >= 0.3 is 0 Å². The van der Waals surface area contributed by atoms with Crippen molar-refractivity contribution in [3.63, 3.8) is 0 Å². The smallest absolute Gasteiger partial charge is 0.257 e. The molecule has 1 fully saturated rings. The SMILES string of the molecule is O=C(c1cc(F)ccc1F)N1CCN(C(=O)c2ccccc2I)CC1. The first-order chi connectivity index (χ1) is 12.0. The summed E-state index contributed by atoms with van der Waals surface area (Å²) in [6, 6.07) is 10.1. The van der Waals surface area contributed by atoms with Crippen molar-refractivity contribution < 1.29 is 18.4 Å². The zero-order valence-corrected chi connectivity index (χ0v) is 15.4. The van der Waals surface area contributed by atoms with Crippen LogP contribution in [0.2, 0.25) is 0 Å². The zero-order valence-electron chi connectivity index (χ0n) is 13.2. The number of piperazine rings is 1. The number of rotatable bonds is 2. The molecule has 0 N–H and O–H groups in total. The number of amides is 2. The number of benzene rings is 2. The van der Waals surface area contributed by atoms with Crippen LogP contribution < -0.4 is 0 Å². The number of nitrogens with zero attached hydrogens (tertiary/aromatic N) is 2. The van der Waals surface area contributed by atoms with Crippen LogP contribution in [-0.4, -0.2) is 47.8 Å². The van der Waals surface area contributed by atoms with Crippen LogP contribution in [0.1, 0.15) is 20.7 Å². The van der Waals surface area contributed by atoms with Gasteiger partial charge in [0.05, 0.1) is 11.1 Å². The molecule has 3 rings (SSSR count). The van der Waals surface area contributed by atoms with Gasteiger partial charge in [-0.3, -0.25) is 9.59 Å². The van der Waals surface area contributed by atoms with Crippen molar-refractivity contribution in [2.45, 2.75) is 0 Å². The van der Waals surface area contributed by atoms with Crippen LogP contribution in [0.4, 0.5) is 8.78 Å². The first-order valence-corrected chi connectivity index (χ1v) is 8.83. The molecule has 2 amide bonds. The van der Waals surface area contributed by atoms with Crippen molar-refractivity contribution in [2.75, 3.05) is 26.2 Å². The molecule has 1 aliphatic rings. The normalized spacial score (nSPS) is 14.5. The van der Waals surface area contributed by atoms with E-state index in [1.807, 2.05) is 18.2 Å². The molecule has 1 heterocycles. The van der Waals surface area contributed by atoms with E-state index in [1.54, 1.807) is 11.0 Å². The van der Waals surface area contributed by atoms with Gasteiger partial charge in [-0.1, -0.05) is 12.1 Å². The van der Waals surface area contributed by atoms with E-state index >= 15 is 0 Å². The number of hydrogen-bond donors (Lipinski definition) is 0. The molecular weight excluding hydrogens is 441 g/mol. The fraction of sp³-hybridized carbons (Fsp3) is 0.222. The second-order valence-electron chi connectivity index (χ2n) is 5.69. The molecule has 130 valence electrons. The van der Waals surface area contributed by atoms with Gasteiger partial charge in [-0.15, -0.1) is 0 Å². The van der Waals surface area contributed by atoms with Crippen molar-refractivity contribution in [3.8, 4) is 0 Å². The minimum Gasteiger partial charge on any atom is -0.335 e. The highest BCUT2D eigenvalue weighted by molar-refractivity contribution is 14.1. The molecule has 2 aromatic carbocycles. The quantitative estimate of drug-likeness (QED) is 0.652. The maximum Gasteiger partial charge on any atom is 0.257 e. The lowest BCUT2D eigenvalue weighted by Gasteiger charge is -2.35. The van der Waals surface area contributed by atoms with Crippen LogP contribution in [0, 0.1) is 15.2 Å². The highest BCUT2D eigenvalue weighted by Crippen LogP contribution is 2.17.